The van der Waals surface area contributed by atoms with E-state index in [2.05, 4.69) is 0 Å². The summed E-state index contributed by atoms with van der Waals surface area (Å²) in [4.78, 5) is 14.7. The molecule has 23 heavy (non-hydrogen) atoms. The van der Waals surface area contributed by atoms with E-state index in [4.69, 9.17) is 5.73 Å². The van der Waals surface area contributed by atoms with Crippen molar-refractivity contribution >= 4 is 18.3 Å². The molecule has 0 spiro atoms. The van der Waals surface area contributed by atoms with Crippen molar-refractivity contribution in [3.05, 3.63) is 35.6 Å². The summed E-state index contributed by atoms with van der Waals surface area (Å²) in [6.07, 6.45) is 4.67. The first-order valence-corrected chi connectivity index (χ1v) is 8.29. The van der Waals surface area contributed by atoms with Crippen molar-refractivity contribution in [1.82, 2.24) is 4.90 Å². The minimum Gasteiger partial charge on any atom is -0.338 e. The number of piperidine rings is 1. The fourth-order valence-electron chi connectivity index (χ4n) is 3.26. The van der Waals surface area contributed by atoms with Gasteiger partial charge in [0.1, 0.15) is 5.82 Å². The molecule has 1 fully saturated rings. The lowest BCUT2D eigenvalue weighted by Crippen LogP contribution is -2.53. The predicted molar refractivity (Wildman–Crippen MR) is 94.1 cm³/mol. The first kappa shape index (κ1) is 19.9. The fourth-order valence-corrected chi connectivity index (χ4v) is 3.26. The van der Waals surface area contributed by atoms with Crippen LogP contribution in [0.1, 0.15) is 45.1 Å². The smallest absolute Gasteiger partial charge is 0.225 e. The van der Waals surface area contributed by atoms with Crippen LogP contribution in [0.2, 0.25) is 0 Å². The monoisotopic (exact) mass is 342 g/mol. The quantitative estimate of drug-likeness (QED) is 0.889. The van der Waals surface area contributed by atoms with Crippen LogP contribution in [0.5, 0.6) is 0 Å². The standard InChI is InChI=1S/C18H27FN2O.ClH/c1-13(9-10-15-6-5-7-16(19)12-15)18(22)21-11-4-3-8-17(21)14(2)20;/h5-7,12-14,17H,3-4,8-11,20H2,1-2H3;1H. The molecule has 3 atom stereocenters. The highest BCUT2D eigenvalue weighted by Crippen LogP contribution is 2.23. The molecular formula is C18H28ClFN2O. The van der Waals surface area contributed by atoms with Crippen LogP contribution in [0, 0.1) is 11.7 Å². The second-order valence-corrected chi connectivity index (χ2v) is 6.52. The topological polar surface area (TPSA) is 46.3 Å². The highest BCUT2D eigenvalue weighted by Gasteiger charge is 2.31. The zero-order valence-corrected chi connectivity index (χ0v) is 14.8. The number of hydrogen-bond acceptors (Lipinski definition) is 2. The van der Waals surface area contributed by atoms with Gasteiger partial charge in [-0.2, -0.15) is 0 Å². The molecule has 0 aromatic heterocycles. The van der Waals surface area contributed by atoms with E-state index in [-0.39, 0.29) is 42.1 Å². The van der Waals surface area contributed by atoms with E-state index in [9.17, 15) is 9.18 Å². The van der Waals surface area contributed by atoms with E-state index in [1.165, 1.54) is 6.07 Å². The second kappa shape index (κ2) is 9.24. The molecule has 2 N–H and O–H groups in total. The van der Waals surface area contributed by atoms with Crippen molar-refractivity contribution in [2.24, 2.45) is 11.7 Å². The number of carbonyl (C=O) groups excluding carboxylic acids is 1. The third kappa shape index (κ3) is 5.47. The Labute approximate surface area is 144 Å². The molecule has 3 nitrogen and oxygen atoms in total. The Hall–Kier alpha value is -1.13. The fraction of sp³-hybridized carbons (Fsp3) is 0.611. The van der Waals surface area contributed by atoms with Gasteiger partial charge in [0.25, 0.3) is 0 Å². The first-order chi connectivity index (χ1) is 10.5. The van der Waals surface area contributed by atoms with Crippen LogP contribution < -0.4 is 5.73 Å². The Balaban J connectivity index is 0.00000264. The number of benzene rings is 1. The highest BCUT2D eigenvalue weighted by atomic mass is 35.5. The summed E-state index contributed by atoms with van der Waals surface area (Å²) in [6.45, 7) is 4.76. The summed E-state index contributed by atoms with van der Waals surface area (Å²) >= 11 is 0. The predicted octanol–water partition coefficient (Wildman–Crippen LogP) is 3.54. The van der Waals surface area contributed by atoms with E-state index in [0.29, 0.717) is 0 Å². The van der Waals surface area contributed by atoms with E-state index in [0.717, 1.165) is 44.2 Å². The van der Waals surface area contributed by atoms with E-state index >= 15 is 0 Å². The molecule has 1 aliphatic rings. The number of rotatable bonds is 5. The molecule has 3 unspecified atom stereocenters. The third-order valence-electron chi connectivity index (χ3n) is 4.62. The van der Waals surface area contributed by atoms with E-state index in [1.54, 1.807) is 12.1 Å². The molecule has 130 valence electrons. The summed E-state index contributed by atoms with van der Waals surface area (Å²) in [5.41, 5.74) is 6.99. The van der Waals surface area contributed by atoms with Gasteiger partial charge in [-0.25, -0.2) is 4.39 Å². The van der Waals surface area contributed by atoms with Gasteiger partial charge in [0.15, 0.2) is 0 Å². The van der Waals surface area contributed by atoms with Gasteiger partial charge >= 0.3 is 0 Å². The second-order valence-electron chi connectivity index (χ2n) is 6.52. The minimum absolute atomic E-state index is 0. The molecule has 0 bridgehead atoms. The lowest BCUT2D eigenvalue weighted by molar-refractivity contribution is -0.139. The zero-order chi connectivity index (χ0) is 16.1. The third-order valence-corrected chi connectivity index (χ3v) is 4.62. The molecule has 1 aliphatic heterocycles. The van der Waals surface area contributed by atoms with Crippen LogP contribution >= 0.6 is 12.4 Å². The maximum atomic E-state index is 13.2. The van der Waals surface area contributed by atoms with E-state index in [1.807, 2.05) is 24.8 Å². The van der Waals surface area contributed by atoms with Crippen LogP contribution in [-0.4, -0.2) is 29.4 Å². The molecule has 0 radical (unpaired) electrons. The van der Waals surface area contributed by atoms with Crippen molar-refractivity contribution < 1.29 is 9.18 Å². The molecule has 2 rings (SSSR count). The molecule has 5 heteroatoms. The Morgan fingerprint density at radius 2 is 2.13 bits per heavy atom. The van der Waals surface area contributed by atoms with Gasteiger partial charge in [-0.15, -0.1) is 12.4 Å². The SMILES string of the molecule is CC(CCc1cccc(F)c1)C(=O)N1CCCCC1C(C)N.Cl. The number of likely N-dealkylation sites (tertiary alicyclic amines) is 1. The molecule has 1 heterocycles. The van der Waals surface area contributed by atoms with Crippen LogP contribution in [0.15, 0.2) is 24.3 Å². The summed E-state index contributed by atoms with van der Waals surface area (Å²) in [5.74, 6) is -0.0782. The van der Waals surface area contributed by atoms with Gasteiger partial charge in [0, 0.05) is 24.5 Å². The summed E-state index contributed by atoms with van der Waals surface area (Å²) < 4.78 is 13.2. The van der Waals surface area contributed by atoms with Crippen LogP contribution in [0.4, 0.5) is 4.39 Å². The summed E-state index contributed by atoms with van der Waals surface area (Å²) in [7, 11) is 0. The Kier molecular flexibility index (Phi) is 8.00. The molecule has 1 aromatic carbocycles. The molecule has 0 aliphatic carbocycles. The molecule has 0 saturated carbocycles. The van der Waals surface area contributed by atoms with Crippen molar-refractivity contribution in [3.63, 3.8) is 0 Å². The maximum Gasteiger partial charge on any atom is 0.225 e. The van der Waals surface area contributed by atoms with Gasteiger partial charge < -0.3 is 10.6 Å². The molecule has 1 saturated heterocycles. The number of aryl methyl sites for hydroxylation is 1. The number of nitrogens with two attached hydrogens (primary N) is 1. The maximum absolute atomic E-state index is 13.2. The lowest BCUT2D eigenvalue weighted by Gasteiger charge is -2.39. The largest absolute Gasteiger partial charge is 0.338 e. The van der Waals surface area contributed by atoms with Crippen molar-refractivity contribution in [2.45, 2.75) is 58.0 Å². The summed E-state index contributed by atoms with van der Waals surface area (Å²) in [6, 6.07) is 6.79. The molecule has 1 amide bonds. The highest BCUT2D eigenvalue weighted by molar-refractivity contribution is 5.85. The number of amides is 1. The lowest BCUT2D eigenvalue weighted by atomic mass is 9.93. The van der Waals surface area contributed by atoms with Crippen LogP contribution in [0.3, 0.4) is 0 Å². The van der Waals surface area contributed by atoms with Gasteiger partial charge in [0.05, 0.1) is 0 Å². The Morgan fingerprint density at radius 1 is 1.39 bits per heavy atom. The molecular weight excluding hydrogens is 315 g/mol. The first-order valence-electron chi connectivity index (χ1n) is 8.29. The summed E-state index contributed by atoms with van der Waals surface area (Å²) in [5, 5.41) is 0. The van der Waals surface area contributed by atoms with Crippen LogP contribution in [0.25, 0.3) is 0 Å². The zero-order valence-electron chi connectivity index (χ0n) is 14.0. The van der Waals surface area contributed by atoms with E-state index < -0.39 is 0 Å². The van der Waals surface area contributed by atoms with Gasteiger partial charge in [-0.1, -0.05) is 19.1 Å². The van der Waals surface area contributed by atoms with Gasteiger partial charge in [0.2, 0.25) is 5.91 Å². The number of carbonyl (C=O) groups is 1. The van der Waals surface area contributed by atoms with Gasteiger partial charge in [-0.05, 0) is 56.7 Å². The normalized spacial score (nSPS) is 20.5. The average molecular weight is 343 g/mol. The number of nitrogens with zero attached hydrogens (tertiary/aromatic N) is 1. The van der Waals surface area contributed by atoms with Crippen molar-refractivity contribution in [3.8, 4) is 0 Å². The molecule has 1 aromatic rings. The number of hydrogen-bond donors (Lipinski definition) is 1. The van der Waals surface area contributed by atoms with Crippen molar-refractivity contribution in [2.75, 3.05) is 6.54 Å². The average Bonchev–Trinajstić information content (AvgIpc) is 2.52. The van der Waals surface area contributed by atoms with Gasteiger partial charge in [-0.3, -0.25) is 4.79 Å². The Morgan fingerprint density at radius 3 is 2.78 bits per heavy atom. The Bertz CT molecular complexity index is 510. The minimum atomic E-state index is -0.218. The number of halogens is 2. The van der Waals surface area contributed by atoms with Crippen molar-refractivity contribution in [1.29, 1.82) is 0 Å². The van der Waals surface area contributed by atoms with Crippen LogP contribution in [-0.2, 0) is 11.2 Å².